The van der Waals surface area contributed by atoms with Crippen molar-refractivity contribution in [2.24, 2.45) is 0 Å². The average Bonchev–Trinajstić information content (AvgIpc) is 2.41. The monoisotopic (exact) mass is 293 g/mol. The van der Waals surface area contributed by atoms with Crippen LogP contribution in [0, 0.1) is 6.92 Å². The van der Waals surface area contributed by atoms with Gasteiger partial charge in [0, 0.05) is 18.5 Å². The van der Waals surface area contributed by atoms with Crippen LogP contribution in [0.2, 0.25) is 0 Å². The third kappa shape index (κ3) is 2.83. The average molecular weight is 293 g/mol. The van der Waals surface area contributed by atoms with Gasteiger partial charge in [0.1, 0.15) is 5.75 Å². The molecule has 1 heterocycles. The number of aryl methyl sites for hydroxylation is 1. The Morgan fingerprint density at radius 2 is 2.05 bits per heavy atom. The maximum Gasteiger partial charge on any atom is 0.262 e. The number of nitrogens with zero attached hydrogens (tertiary/aromatic N) is 1. The van der Waals surface area contributed by atoms with Gasteiger partial charge in [0.15, 0.2) is 0 Å². The topological polar surface area (TPSA) is 94.3 Å². The van der Waals surface area contributed by atoms with Gasteiger partial charge < -0.3 is 10.5 Å². The van der Waals surface area contributed by atoms with E-state index in [0.717, 1.165) is 5.56 Å². The summed E-state index contributed by atoms with van der Waals surface area (Å²) in [4.78, 5) is 4.00. The zero-order chi connectivity index (χ0) is 14.8. The molecule has 3 N–H and O–H groups in total. The zero-order valence-corrected chi connectivity index (χ0v) is 11.9. The highest BCUT2D eigenvalue weighted by atomic mass is 32.2. The van der Waals surface area contributed by atoms with Crippen LogP contribution in [-0.2, 0) is 10.0 Å². The molecule has 20 heavy (non-hydrogen) atoms. The van der Waals surface area contributed by atoms with Gasteiger partial charge in [-0.3, -0.25) is 9.71 Å². The van der Waals surface area contributed by atoms with Gasteiger partial charge in [-0.15, -0.1) is 0 Å². The van der Waals surface area contributed by atoms with Gasteiger partial charge >= 0.3 is 0 Å². The second-order valence-corrected chi connectivity index (χ2v) is 5.88. The van der Waals surface area contributed by atoms with E-state index in [0.29, 0.717) is 17.1 Å². The van der Waals surface area contributed by atoms with Gasteiger partial charge in [-0.1, -0.05) is 0 Å². The molecule has 0 radical (unpaired) electrons. The van der Waals surface area contributed by atoms with Crippen LogP contribution >= 0.6 is 0 Å². The molecule has 0 aliphatic heterocycles. The molecule has 2 aromatic rings. The Morgan fingerprint density at radius 1 is 1.30 bits per heavy atom. The fourth-order valence-electron chi connectivity index (χ4n) is 1.65. The van der Waals surface area contributed by atoms with Gasteiger partial charge in [-0.05, 0) is 30.7 Å². The summed E-state index contributed by atoms with van der Waals surface area (Å²) in [5.41, 5.74) is 7.27. The van der Waals surface area contributed by atoms with Crippen LogP contribution in [0.15, 0.2) is 41.6 Å². The lowest BCUT2D eigenvalue weighted by Crippen LogP contribution is -2.14. The molecular weight excluding hydrogens is 278 g/mol. The minimum Gasteiger partial charge on any atom is -0.495 e. The number of ether oxygens (including phenoxy) is 1. The normalized spacial score (nSPS) is 11.1. The third-order valence-electron chi connectivity index (χ3n) is 2.78. The number of methoxy groups -OCH3 is 1. The molecule has 0 atom stereocenters. The smallest absolute Gasteiger partial charge is 0.262 e. The fourth-order valence-corrected chi connectivity index (χ4v) is 2.80. The SMILES string of the molecule is COc1cc(S(=O)(=O)Nc2ccncc2C)ccc1N. The Labute approximate surface area is 117 Å². The van der Waals surface area contributed by atoms with Crippen molar-refractivity contribution >= 4 is 21.4 Å². The number of nitrogen functional groups attached to an aromatic ring is 1. The van der Waals surface area contributed by atoms with E-state index < -0.39 is 10.0 Å². The summed E-state index contributed by atoms with van der Waals surface area (Å²) in [6, 6.07) is 5.90. The number of anilines is 2. The van der Waals surface area contributed by atoms with Crippen LogP contribution in [0.4, 0.5) is 11.4 Å². The standard InChI is InChI=1S/C13H15N3O3S/c1-9-8-15-6-5-12(9)16-20(17,18)10-3-4-11(14)13(7-10)19-2/h3-8H,14H2,1-2H3,(H,15,16). The van der Waals surface area contributed by atoms with Crippen molar-refractivity contribution in [3.63, 3.8) is 0 Å². The summed E-state index contributed by atoms with van der Waals surface area (Å²) in [6.07, 6.45) is 3.11. The molecule has 0 aliphatic rings. The largest absolute Gasteiger partial charge is 0.495 e. The van der Waals surface area contributed by atoms with Crippen molar-refractivity contribution in [3.8, 4) is 5.75 Å². The quantitative estimate of drug-likeness (QED) is 0.838. The lowest BCUT2D eigenvalue weighted by Gasteiger charge is -2.11. The summed E-state index contributed by atoms with van der Waals surface area (Å²) >= 11 is 0. The van der Waals surface area contributed by atoms with E-state index in [9.17, 15) is 8.42 Å². The number of benzene rings is 1. The van der Waals surface area contributed by atoms with Crippen LogP contribution in [0.3, 0.4) is 0 Å². The minimum absolute atomic E-state index is 0.0831. The molecule has 7 heteroatoms. The number of hydrogen-bond acceptors (Lipinski definition) is 5. The molecule has 0 spiro atoms. The van der Waals surface area contributed by atoms with Gasteiger partial charge in [0.2, 0.25) is 0 Å². The van der Waals surface area contributed by atoms with Crippen molar-refractivity contribution in [2.75, 3.05) is 17.6 Å². The van der Waals surface area contributed by atoms with E-state index in [1.165, 1.54) is 31.5 Å². The summed E-state index contributed by atoms with van der Waals surface area (Å²) in [5, 5.41) is 0. The Bertz CT molecular complexity index is 729. The fraction of sp³-hybridized carbons (Fsp3) is 0.154. The Balaban J connectivity index is 2.38. The lowest BCUT2D eigenvalue weighted by molar-refractivity contribution is 0.415. The number of sulfonamides is 1. The molecule has 1 aromatic carbocycles. The van der Waals surface area contributed by atoms with E-state index in [-0.39, 0.29) is 4.90 Å². The first-order chi connectivity index (χ1) is 9.44. The van der Waals surface area contributed by atoms with Crippen LogP contribution in [0.5, 0.6) is 5.75 Å². The highest BCUT2D eigenvalue weighted by Crippen LogP contribution is 2.26. The molecule has 0 aliphatic carbocycles. The first-order valence-corrected chi connectivity index (χ1v) is 7.29. The van der Waals surface area contributed by atoms with Gasteiger partial charge in [0.05, 0.1) is 23.4 Å². The molecule has 2 rings (SSSR count). The highest BCUT2D eigenvalue weighted by molar-refractivity contribution is 7.92. The second-order valence-electron chi connectivity index (χ2n) is 4.20. The van der Waals surface area contributed by atoms with Gasteiger partial charge in [0.25, 0.3) is 10.0 Å². The second kappa shape index (κ2) is 5.38. The molecular formula is C13H15N3O3S. The molecule has 0 bridgehead atoms. The molecule has 0 fully saturated rings. The molecule has 106 valence electrons. The highest BCUT2D eigenvalue weighted by Gasteiger charge is 2.17. The maximum atomic E-state index is 12.3. The molecule has 0 saturated carbocycles. The number of nitrogens with one attached hydrogen (secondary N) is 1. The van der Waals surface area contributed by atoms with E-state index in [1.54, 1.807) is 19.2 Å². The Hall–Kier alpha value is -2.28. The molecule has 0 unspecified atom stereocenters. The van der Waals surface area contributed by atoms with Crippen LogP contribution in [-0.4, -0.2) is 20.5 Å². The molecule has 6 nitrogen and oxygen atoms in total. The number of rotatable bonds is 4. The summed E-state index contributed by atoms with van der Waals surface area (Å²) < 4.78 is 32.1. The number of pyridine rings is 1. The van der Waals surface area contributed by atoms with Gasteiger partial charge in [-0.25, -0.2) is 8.42 Å². The summed E-state index contributed by atoms with van der Waals surface area (Å²) in [6.45, 7) is 1.77. The third-order valence-corrected chi connectivity index (χ3v) is 4.14. The van der Waals surface area contributed by atoms with Crippen molar-refractivity contribution in [2.45, 2.75) is 11.8 Å². The maximum absolute atomic E-state index is 12.3. The Morgan fingerprint density at radius 3 is 2.70 bits per heavy atom. The minimum atomic E-state index is -3.70. The number of hydrogen-bond donors (Lipinski definition) is 2. The van der Waals surface area contributed by atoms with E-state index >= 15 is 0 Å². The lowest BCUT2D eigenvalue weighted by atomic mass is 10.3. The first-order valence-electron chi connectivity index (χ1n) is 5.81. The number of nitrogens with two attached hydrogens (primary N) is 1. The predicted octanol–water partition coefficient (Wildman–Crippen LogP) is 1.78. The Kier molecular flexibility index (Phi) is 3.80. The number of aromatic nitrogens is 1. The van der Waals surface area contributed by atoms with Crippen molar-refractivity contribution < 1.29 is 13.2 Å². The van der Waals surface area contributed by atoms with Crippen molar-refractivity contribution in [3.05, 3.63) is 42.2 Å². The van der Waals surface area contributed by atoms with Crippen LogP contribution < -0.4 is 15.2 Å². The van der Waals surface area contributed by atoms with Crippen molar-refractivity contribution in [1.29, 1.82) is 0 Å². The first kappa shape index (κ1) is 14.1. The van der Waals surface area contributed by atoms with E-state index in [2.05, 4.69) is 9.71 Å². The van der Waals surface area contributed by atoms with Crippen LogP contribution in [0.1, 0.15) is 5.56 Å². The van der Waals surface area contributed by atoms with E-state index in [4.69, 9.17) is 10.5 Å². The van der Waals surface area contributed by atoms with Gasteiger partial charge in [-0.2, -0.15) is 0 Å². The van der Waals surface area contributed by atoms with Crippen molar-refractivity contribution in [1.82, 2.24) is 4.98 Å². The predicted molar refractivity (Wildman–Crippen MR) is 77.2 cm³/mol. The molecule has 1 aromatic heterocycles. The molecule has 0 amide bonds. The molecule has 0 saturated heterocycles. The zero-order valence-electron chi connectivity index (χ0n) is 11.1. The van der Waals surface area contributed by atoms with Crippen LogP contribution in [0.25, 0.3) is 0 Å². The summed E-state index contributed by atoms with van der Waals surface area (Å²) in [5.74, 6) is 0.319. The van der Waals surface area contributed by atoms with E-state index in [1.807, 2.05) is 0 Å². The summed E-state index contributed by atoms with van der Waals surface area (Å²) in [7, 11) is -2.27.